The first-order valence-corrected chi connectivity index (χ1v) is 7.60. The van der Waals surface area contributed by atoms with Gasteiger partial charge < -0.3 is 10.2 Å². The van der Waals surface area contributed by atoms with Gasteiger partial charge in [-0.2, -0.15) is 0 Å². The Kier molecular flexibility index (Phi) is 2.71. The molecule has 0 radical (unpaired) electrons. The Morgan fingerprint density at radius 3 is 3.10 bits per heavy atom. The van der Waals surface area contributed by atoms with Crippen molar-refractivity contribution >= 4 is 39.0 Å². The van der Waals surface area contributed by atoms with E-state index in [9.17, 15) is 4.79 Å². The van der Waals surface area contributed by atoms with E-state index in [1.807, 2.05) is 0 Å². The van der Waals surface area contributed by atoms with Crippen molar-refractivity contribution in [1.29, 1.82) is 0 Å². The van der Waals surface area contributed by atoms with Crippen LogP contribution in [0.3, 0.4) is 0 Å². The number of nitrogens with one attached hydrogen (secondary N) is 1. The van der Waals surface area contributed by atoms with E-state index in [2.05, 4.69) is 10.3 Å². The predicted octanol–water partition coefficient (Wildman–Crippen LogP) is 3.21. The molecule has 1 aromatic carbocycles. The molecule has 106 valence electrons. The van der Waals surface area contributed by atoms with E-state index >= 15 is 0 Å². The molecule has 2 heterocycles. The lowest BCUT2D eigenvalue weighted by molar-refractivity contribution is 0.0998. The van der Waals surface area contributed by atoms with Gasteiger partial charge in [0.15, 0.2) is 10.9 Å². The van der Waals surface area contributed by atoms with E-state index in [4.69, 9.17) is 10.2 Å². The molecular weight excluding hydrogens is 286 g/mol. The van der Waals surface area contributed by atoms with Crippen LogP contribution in [-0.2, 0) is 12.8 Å². The quantitative estimate of drug-likeness (QED) is 0.712. The van der Waals surface area contributed by atoms with E-state index in [0.29, 0.717) is 16.4 Å². The summed E-state index contributed by atoms with van der Waals surface area (Å²) in [5.74, 6) is -0.0110. The number of fused-ring (bicyclic) bond motifs is 2. The maximum absolute atomic E-state index is 12.2. The summed E-state index contributed by atoms with van der Waals surface area (Å²) in [5, 5.41) is 4.27. The molecule has 2 aromatic heterocycles. The second-order valence-electron chi connectivity index (χ2n) is 5.10. The Balaban J connectivity index is 1.60. The molecule has 0 atom stereocenters. The molecule has 0 aliphatic heterocycles. The minimum Gasteiger partial charge on any atom is -0.451 e. The predicted molar refractivity (Wildman–Crippen MR) is 82.7 cm³/mol. The molecule has 0 spiro atoms. The summed E-state index contributed by atoms with van der Waals surface area (Å²) in [6.45, 7) is 0. The number of rotatable bonds is 2. The number of carbonyl (C=O) groups is 1. The van der Waals surface area contributed by atoms with Gasteiger partial charge in [0.2, 0.25) is 0 Å². The van der Waals surface area contributed by atoms with Gasteiger partial charge in [-0.1, -0.05) is 0 Å². The summed E-state index contributed by atoms with van der Waals surface area (Å²) < 4.78 is 5.54. The third-order valence-electron chi connectivity index (χ3n) is 3.58. The fraction of sp³-hybridized carbons (Fsp3) is 0.200. The number of furan rings is 1. The zero-order valence-electron chi connectivity index (χ0n) is 11.2. The number of amides is 1. The molecular formula is C15H13N3O2S. The summed E-state index contributed by atoms with van der Waals surface area (Å²) >= 11 is 1.55. The molecule has 0 fully saturated rings. The first-order valence-electron chi connectivity index (χ1n) is 6.78. The van der Waals surface area contributed by atoms with Crippen LogP contribution in [0.4, 0.5) is 10.8 Å². The van der Waals surface area contributed by atoms with Crippen molar-refractivity contribution in [3.63, 3.8) is 0 Å². The average Bonchev–Trinajstić information content (AvgIpc) is 3.10. The van der Waals surface area contributed by atoms with Gasteiger partial charge in [0.1, 0.15) is 5.58 Å². The molecule has 4 rings (SSSR count). The second kappa shape index (κ2) is 4.60. The van der Waals surface area contributed by atoms with Crippen LogP contribution in [0.5, 0.6) is 0 Å². The van der Waals surface area contributed by atoms with Crippen LogP contribution >= 0.6 is 11.3 Å². The number of nitrogen functional groups attached to an aromatic ring is 1. The maximum Gasteiger partial charge on any atom is 0.293 e. The molecule has 21 heavy (non-hydrogen) atoms. The van der Waals surface area contributed by atoms with Crippen molar-refractivity contribution in [1.82, 2.24) is 4.98 Å². The first kappa shape index (κ1) is 12.4. The van der Waals surface area contributed by atoms with Gasteiger partial charge in [-0.25, -0.2) is 4.98 Å². The normalized spacial score (nSPS) is 13.5. The third-order valence-corrected chi connectivity index (χ3v) is 4.65. The van der Waals surface area contributed by atoms with E-state index < -0.39 is 0 Å². The highest BCUT2D eigenvalue weighted by Crippen LogP contribution is 2.31. The highest BCUT2D eigenvalue weighted by atomic mass is 32.1. The number of hydrogen-bond acceptors (Lipinski definition) is 5. The smallest absolute Gasteiger partial charge is 0.293 e. The highest BCUT2D eigenvalue weighted by Gasteiger charge is 2.19. The van der Waals surface area contributed by atoms with Crippen LogP contribution in [0.1, 0.15) is 27.5 Å². The minimum absolute atomic E-state index is 0.269. The standard InChI is InChI=1S/C15H13N3O2S/c16-9-4-5-11-8(6-9)7-12(20-11)14(19)18-15-17-10-2-1-3-13(10)21-15/h4-7H,1-3,16H2,(H,17,18,19). The number of thiazole rings is 1. The number of carbonyl (C=O) groups excluding carboxylic acids is 1. The van der Waals surface area contributed by atoms with Crippen LogP contribution in [0.25, 0.3) is 11.0 Å². The van der Waals surface area contributed by atoms with E-state index in [1.165, 1.54) is 4.88 Å². The Bertz CT molecular complexity index is 828. The Labute approximate surface area is 124 Å². The monoisotopic (exact) mass is 299 g/mol. The van der Waals surface area contributed by atoms with Crippen molar-refractivity contribution in [3.05, 3.63) is 40.6 Å². The Morgan fingerprint density at radius 1 is 1.33 bits per heavy atom. The topological polar surface area (TPSA) is 81.1 Å². The average molecular weight is 299 g/mol. The molecule has 0 saturated heterocycles. The van der Waals surface area contributed by atoms with Crippen molar-refractivity contribution in [3.8, 4) is 0 Å². The van der Waals surface area contributed by atoms with Crippen molar-refractivity contribution in [2.75, 3.05) is 11.1 Å². The summed E-state index contributed by atoms with van der Waals surface area (Å²) in [7, 11) is 0. The fourth-order valence-corrected chi connectivity index (χ4v) is 3.62. The van der Waals surface area contributed by atoms with Crippen molar-refractivity contribution < 1.29 is 9.21 Å². The third kappa shape index (κ3) is 2.17. The lowest BCUT2D eigenvalue weighted by Gasteiger charge is -1.97. The molecule has 0 unspecified atom stereocenters. The van der Waals surface area contributed by atoms with Crippen LogP contribution in [0, 0.1) is 0 Å². The number of anilines is 2. The van der Waals surface area contributed by atoms with E-state index in [1.54, 1.807) is 35.6 Å². The molecule has 3 N–H and O–H groups in total. The van der Waals surface area contributed by atoms with E-state index in [-0.39, 0.29) is 11.7 Å². The summed E-state index contributed by atoms with van der Waals surface area (Å²) in [6, 6.07) is 6.99. The second-order valence-corrected chi connectivity index (χ2v) is 6.19. The van der Waals surface area contributed by atoms with Crippen molar-refractivity contribution in [2.45, 2.75) is 19.3 Å². The van der Waals surface area contributed by atoms with Gasteiger partial charge in [-0.3, -0.25) is 10.1 Å². The number of aryl methyl sites for hydroxylation is 2. The van der Waals surface area contributed by atoms with Gasteiger partial charge in [-0.05, 0) is 43.5 Å². The minimum atomic E-state index is -0.280. The molecule has 3 aromatic rings. The zero-order valence-corrected chi connectivity index (χ0v) is 12.0. The van der Waals surface area contributed by atoms with Crippen LogP contribution in [0.15, 0.2) is 28.7 Å². The van der Waals surface area contributed by atoms with Gasteiger partial charge in [0.05, 0.1) is 5.69 Å². The maximum atomic E-state index is 12.2. The van der Waals surface area contributed by atoms with Gasteiger partial charge in [-0.15, -0.1) is 11.3 Å². The van der Waals surface area contributed by atoms with Crippen LogP contribution < -0.4 is 11.1 Å². The van der Waals surface area contributed by atoms with Gasteiger partial charge >= 0.3 is 0 Å². The molecule has 6 heteroatoms. The van der Waals surface area contributed by atoms with Crippen molar-refractivity contribution in [2.24, 2.45) is 0 Å². The molecule has 1 amide bonds. The zero-order chi connectivity index (χ0) is 14.4. The summed E-state index contributed by atoms with van der Waals surface area (Å²) in [5.41, 5.74) is 8.14. The Hall–Kier alpha value is -2.34. The lowest BCUT2D eigenvalue weighted by Crippen LogP contribution is -2.10. The SMILES string of the molecule is Nc1ccc2oc(C(=O)Nc3nc4c(s3)CCC4)cc2c1. The molecule has 0 saturated carbocycles. The number of nitrogens with zero attached hydrogens (tertiary/aromatic N) is 1. The van der Waals surface area contributed by atoms with Crippen LogP contribution in [-0.4, -0.2) is 10.9 Å². The van der Waals surface area contributed by atoms with Crippen LogP contribution in [0.2, 0.25) is 0 Å². The molecule has 1 aliphatic rings. The summed E-state index contributed by atoms with van der Waals surface area (Å²) in [6.07, 6.45) is 3.23. The number of aromatic nitrogens is 1. The van der Waals surface area contributed by atoms with Gasteiger partial charge in [0, 0.05) is 16.0 Å². The first-order chi connectivity index (χ1) is 10.2. The number of nitrogens with two attached hydrogens (primary N) is 1. The van der Waals surface area contributed by atoms with Gasteiger partial charge in [0.25, 0.3) is 5.91 Å². The Morgan fingerprint density at radius 2 is 2.24 bits per heavy atom. The molecule has 0 bridgehead atoms. The van der Waals surface area contributed by atoms with E-state index in [0.717, 1.165) is 30.3 Å². The number of benzene rings is 1. The fourth-order valence-electron chi connectivity index (χ4n) is 2.58. The molecule has 1 aliphatic carbocycles. The largest absolute Gasteiger partial charge is 0.451 e. The lowest BCUT2D eigenvalue weighted by atomic mass is 10.2. The summed E-state index contributed by atoms with van der Waals surface area (Å²) in [4.78, 5) is 18.0. The highest BCUT2D eigenvalue weighted by molar-refractivity contribution is 7.15. The number of hydrogen-bond donors (Lipinski definition) is 2. The molecule has 5 nitrogen and oxygen atoms in total.